The third-order valence-corrected chi connectivity index (χ3v) is 8.80. The molecule has 0 aromatic rings. The maximum Gasteiger partial charge on any atom is 0.286 e. The van der Waals surface area contributed by atoms with Crippen LogP contribution in [0, 0.1) is 11.8 Å². The molecule has 0 spiro atoms. The molecule has 22 heavy (non-hydrogen) atoms. The summed E-state index contributed by atoms with van der Waals surface area (Å²) in [7, 11) is -1.79. The van der Waals surface area contributed by atoms with E-state index >= 15 is 0 Å². The van der Waals surface area contributed by atoms with E-state index in [-0.39, 0.29) is 17.0 Å². The van der Waals surface area contributed by atoms with E-state index in [9.17, 15) is 4.79 Å². The van der Waals surface area contributed by atoms with Crippen molar-refractivity contribution >= 4 is 20.1 Å². The minimum atomic E-state index is -1.79. The lowest BCUT2D eigenvalue weighted by Crippen LogP contribution is -2.43. The van der Waals surface area contributed by atoms with Crippen molar-refractivity contribution in [2.24, 2.45) is 10.7 Å². The summed E-state index contributed by atoms with van der Waals surface area (Å²) in [4.78, 5) is 15.4. The Bertz CT molecular complexity index is 545. The minimum absolute atomic E-state index is 0.112. The Balaban J connectivity index is 2.67. The highest BCUT2D eigenvalue weighted by Gasteiger charge is 2.38. The average Bonchev–Trinajstić information content (AvgIpc) is 2.38. The summed E-state index contributed by atoms with van der Waals surface area (Å²) >= 11 is 0. The topological polar surface area (TPSA) is 64.7 Å². The van der Waals surface area contributed by atoms with Gasteiger partial charge in [0.25, 0.3) is 5.91 Å². The molecule has 0 aliphatic carbocycles. The Labute approximate surface area is 135 Å². The van der Waals surface area contributed by atoms with Gasteiger partial charge in [-0.1, -0.05) is 45.6 Å². The molecule has 1 aliphatic heterocycles. The Morgan fingerprint density at radius 3 is 2.59 bits per heavy atom. The molecule has 0 saturated heterocycles. The molecule has 1 aliphatic rings. The fourth-order valence-corrected chi connectivity index (χ4v) is 3.19. The minimum Gasteiger partial charge on any atom is -0.413 e. The molecule has 0 fully saturated rings. The Kier molecular flexibility index (Phi) is 6.15. The number of nitrogens with two attached hydrogens (primary N) is 1. The summed E-state index contributed by atoms with van der Waals surface area (Å²) in [6, 6.07) is 0. The van der Waals surface area contributed by atoms with E-state index in [1.54, 1.807) is 6.08 Å². The van der Waals surface area contributed by atoms with Crippen molar-refractivity contribution in [2.75, 3.05) is 0 Å². The van der Waals surface area contributed by atoms with Crippen LogP contribution in [0.2, 0.25) is 18.1 Å². The van der Waals surface area contributed by atoms with E-state index in [1.807, 2.05) is 0 Å². The van der Waals surface area contributed by atoms with Crippen LogP contribution in [-0.2, 0) is 9.22 Å². The first-order valence-corrected chi connectivity index (χ1v) is 10.7. The fourth-order valence-electron chi connectivity index (χ4n) is 1.76. The summed E-state index contributed by atoms with van der Waals surface area (Å²) in [5.41, 5.74) is 5.96. The van der Waals surface area contributed by atoms with E-state index in [4.69, 9.17) is 10.2 Å². The molecule has 0 bridgehead atoms. The van der Waals surface area contributed by atoms with Crippen molar-refractivity contribution in [3.05, 3.63) is 11.6 Å². The number of amides is 1. The standard InChI is InChI=1S/C17H28N2O2Si/c1-7-14(21-22(5,6)17(2,3)4)10-8-9-13-11-12-15(18)19-16(13)20/h11,14H,7,10,12H2,1-6H3,(H2,18,19,20)/t14-/m1/s1. The molecule has 5 heteroatoms. The quantitative estimate of drug-likeness (QED) is 0.638. The second kappa shape index (κ2) is 7.25. The second-order valence-corrected chi connectivity index (χ2v) is 11.9. The summed E-state index contributed by atoms with van der Waals surface area (Å²) < 4.78 is 6.37. The van der Waals surface area contributed by atoms with Crippen LogP contribution in [0.15, 0.2) is 16.6 Å². The summed E-state index contributed by atoms with van der Waals surface area (Å²) in [6.45, 7) is 13.3. The number of carbonyl (C=O) groups is 1. The van der Waals surface area contributed by atoms with Gasteiger partial charge in [-0.2, -0.15) is 4.99 Å². The van der Waals surface area contributed by atoms with Gasteiger partial charge in [0.2, 0.25) is 0 Å². The maximum atomic E-state index is 11.6. The zero-order valence-corrected chi connectivity index (χ0v) is 15.6. The molecule has 1 atom stereocenters. The lowest BCUT2D eigenvalue weighted by Gasteiger charge is -2.38. The highest BCUT2D eigenvalue weighted by Crippen LogP contribution is 2.37. The van der Waals surface area contributed by atoms with Crippen LogP contribution in [0.4, 0.5) is 0 Å². The molecule has 0 aromatic carbocycles. The predicted molar refractivity (Wildman–Crippen MR) is 94.1 cm³/mol. The molecule has 1 rings (SSSR count). The zero-order valence-electron chi connectivity index (χ0n) is 14.6. The molecule has 0 unspecified atom stereocenters. The van der Waals surface area contributed by atoms with E-state index in [0.29, 0.717) is 24.3 Å². The SMILES string of the molecule is CC[C@H](CC#CC1=CCC(N)=NC1=O)O[Si](C)(C)C(C)(C)C. The molecule has 1 heterocycles. The van der Waals surface area contributed by atoms with Crippen molar-refractivity contribution < 1.29 is 9.22 Å². The van der Waals surface area contributed by atoms with E-state index in [0.717, 1.165) is 6.42 Å². The van der Waals surface area contributed by atoms with Crippen molar-refractivity contribution in [1.29, 1.82) is 0 Å². The highest BCUT2D eigenvalue weighted by atomic mass is 28.4. The molecular formula is C17H28N2O2Si. The van der Waals surface area contributed by atoms with Crippen LogP contribution in [-0.4, -0.2) is 26.2 Å². The second-order valence-electron chi connectivity index (χ2n) is 7.14. The van der Waals surface area contributed by atoms with Crippen LogP contribution in [0.1, 0.15) is 47.0 Å². The van der Waals surface area contributed by atoms with Crippen molar-refractivity contribution in [2.45, 2.75) is 71.2 Å². The number of nitrogens with zero attached hydrogens (tertiary/aromatic N) is 1. The van der Waals surface area contributed by atoms with Crippen molar-refractivity contribution in [3.8, 4) is 11.8 Å². The Hall–Kier alpha value is -1.38. The third-order valence-electron chi connectivity index (χ3n) is 4.27. The largest absolute Gasteiger partial charge is 0.413 e. The van der Waals surface area contributed by atoms with Gasteiger partial charge < -0.3 is 10.2 Å². The number of aliphatic imine (C=N–C) groups is 1. The van der Waals surface area contributed by atoms with Crippen LogP contribution < -0.4 is 5.73 Å². The van der Waals surface area contributed by atoms with Gasteiger partial charge in [-0.3, -0.25) is 4.79 Å². The van der Waals surface area contributed by atoms with Gasteiger partial charge in [-0.15, -0.1) is 0 Å². The van der Waals surface area contributed by atoms with E-state index < -0.39 is 8.32 Å². The van der Waals surface area contributed by atoms with Crippen molar-refractivity contribution in [3.63, 3.8) is 0 Å². The van der Waals surface area contributed by atoms with Crippen LogP contribution in [0.3, 0.4) is 0 Å². The molecule has 0 radical (unpaired) electrons. The summed E-state index contributed by atoms with van der Waals surface area (Å²) in [5, 5.41) is 0.182. The normalized spacial score (nSPS) is 17.3. The number of rotatable bonds is 4. The van der Waals surface area contributed by atoms with Gasteiger partial charge in [0.15, 0.2) is 8.32 Å². The molecule has 1 amide bonds. The first-order valence-electron chi connectivity index (χ1n) is 7.81. The predicted octanol–water partition coefficient (Wildman–Crippen LogP) is 3.39. The number of amidine groups is 1. The monoisotopic (exact) mass is 320 g/mol. The molecule has 0 saturated carbocycles. The summed E-state index contributed by atoms with van der Waals surface area (Å²) in [6.07, 6.45) is 3.90. The van der Waals surface area contributed by atoms with Gasteiger partial charge >= 0.3 is 0 Å². The van der Waals surface area contributed by atoms with E-state index in [2.05, 4.69) is 57.6 Å². The van der Waals surface area contributed by atoms with Gasteiger partial charge in [-0.05, 0) is 24.6 Å². The number of hydrogen-bond acceptors (Lipinski definition) is 3. The van der Waals surface area contributed by atoms with Gasteiger partial charge in [-0.25, -0.2) is 0 Å². The fraction of sp³-hybridized carbons (Fsp3) is 0.647. The molecular weight excluding hydrogens is 292 g/mol. The average molecular weight is 321 g/mol. The Morgan fingerprint density at radius 2 is 2.09 bits per heavy atom. The Morgan fingerprint density at radius 1 is 1.45 bits per heavy atom. The van der Waals surface area contributed by atoms with Crippen LogP contribution in [0.25, 0.3) is 0 Å². The third kappa shape index (κ3) is 5.11. The van der Waals surface area contributed by atoms with E-state index in [1.165, 1.54) is 0 Å². The maximum absolute atomic E-state index is 11.6. The van der Waals surface area contributed by atoms with Crippen LogP contribution in [0.5, 0.6) is 0 Å². The lowest BCUT2D eigenvalue weighted by molar-refractivity contribution is -0.114. The molecule has 122 valence electrons. The highest BCUT2D eigenvalue weighted by molar-refractivity contribution is 6.74. The van der Waals surface area contributed by atoms with Crippen molar-refractivity contribution in [1.82, 2.24) is 0 Å². The molecule has 2 N–H and O–H groups in total. The number of carbonyl (C=O) groups excluding carboxylic acids is 1. The van der Waals surface area contributed by atoms with Gasteiger partial charge in [0.1, 0.15) is 5.84 Å². The number of dihydropyridines is 1. The summed E-state index contributed by atoms with van der Waals surface area (Å²) in [5.74, 6) is 6.00. The zero-order chi connectivity index (χ0) is 17.0. The number of hydrogen-bond donors (Lipinski definition) is 1. The van der Waals surface area contributed by atoms with Gasteiger partial charge in [0.05, 0.1) is 11.7 Å². The first-order chi connectivity index (χ1) is 10.1. The molecule has 4 nitrogen and oxygen atoms in total. The molecule has 0 aromatic heterocycles. The first kappa shape index (κ1) is 18.7. The van der Waals surface area contributed by atoms with Gasteiger partial charge in [0, 0.05) is 12.8 Å². The smallest absolute Gasteiger partial charge is 0.286 e. The lowest BCUT2D eigenvalue weighted by atomic mass is 10.1. The van der Waals surface area contributed by atoms with Crippen LogP contribution >= 0.6 is 0 Å².